The number of aromatic nitrogens is 2. The van der Waals surface area contributed by atoms with Gasteiger partial charge in [-0.1, -0.05) is 13.8 Å². The van der Waals surface area contributed by atoms with Crippen molar-refractivity contribution in [1.82, 2.24) is 9.55 Å². The van der Waals surface area contributed by atoms with E-state index in [4.69, 9.17) is 0 Å². The van der Waals surface area contributed by atoms with Crippen LogP contribution in [0.4, 0.5) is 13.2 Å². The number of nitrogens with one attached hydrogen (secondary N) is 1. The van der Waals surface area contributed by atoms with Crippen molar-refractivity contribution in [3.8, 4) is 5.88 Å². The highest BCUT2D eigenvalue weighted by Gasteiger charge is 2.28. The van der Waals surface area contributed by atoms with E-state index >= 15 is 0 Å². The molecule has 0 aromatic carbocycles. The molecule has 0 fully saturated rings. The number of nitrogens with zero attached hydrogens (tertiary/aromatic N) is 1. The van der Waals surface area contributed by atoms with Crippen LogP contribution < -0.4 is 11.2 Å². The average molecular weight is 298 g/mol. The molecule has 19 heavy (non-hydrogen) atoms. The van der Waals surface area contributed by atoms with Gasteiger partial charge in [-0.3, -0.25) is 14.3 Å². The normalized spacial score (nSPS) is 12.1. The summed E-state index contributed by atoms with van der Waals surface area (Å²) in [6.45, 7) is 2.92. The van der Waals surface area contributed by atoms with Crippen molar-refractivity contribution in [2.75, 3.05) is 5.75 Å². The summed E-state index contributed by atoms with van der Waals surface area (Å²) >= 11 is -0.299. The van der Waals surface area contributed by atoms with Crippen LogP contribution in [0.25, 0.3) is 0 Å². The van der Waals surface area contributed by atoms with Gasteiger partial charge in [-0.05, 0) is 17.7 Å². The van der Waals surface area contributed by atoms with Crippen LogP contribution in [0.15, 0.2) is 9.59 Å². The molecule has 2 N–H and O–H groups in total. The van der Waals surface area contributed by atoms with Crippen LogP contribution in [0, 0.1) is 0 Å². The molecule has 0 spiro atoms. The van der Waals surface area contributed by atoms with Crippen molar-refractivity contribution < 1.29 is 18.3 Å². The highest BCUT2D eigenvalue weighted by atomic mass is 32.2. The monoisotopic (exact) mass is 298 g/mol. The number of rotatable bonds is 4. The van der Waals surface area contributed by atoms with E-state index < -0.39 is 28.4 Å². The first-order valence-corrected chi connectivity index (χ1v) is 6.38. The molecule has 0 radical (unpaired) electrons. The van der Waals surface area contributed by atoms with Gasteiger partial charge >= 0.3 is 11.2 Å². The van der Waals surface area contributed by atoms with Crippen molar-refractivity contribution >= 4 is 11.8 Å². The summed E-state index contributed by atoms with van der Waals surface area (Å²) < 4.78 is 36.7. The summed E-state index contributed by atoms with van der Waals surface area (Å²) in [6, 6.07) is 0. The van der Waals surface area contributed by atoms with Crippen molar-refractivity contribution in [2.24, 2.45) is 0 Å². The number of aromatic hydroxyl groups is 1. The number of halogens is 3. The predicted molar refractivity (Wildman–Crippen MR) is 65.6 cm³/mol. The fourth-order valence-corrected chi connectivity index (χ4v) is 2.06. The first-order chi connectivity index (χ1) is 8.63. The van der Waals surface area contributed by atoms with Gasteiger partial charge in [-0.25, -0.2) is 4.79 Å². The minimum Gasteiger partial charge on any atom is -0.494 e. The molecule has 1 rings (SSSR count). The van der Waals surface area contributed by atoms with Crippen LogP contribution in [-0.4, -0.2) is 25.9 Å². The van der Waals surface area contributed by atoms with E-state index in [2.05, 4.69) is 0 Å². The summed E-state index contributed by atoms with van der Waals surface area (Å²) in [6.07, 6.45) is 0. The second kappa shape index (κ2) is 5.72. The van der Waals surface area contributed by atoms with Gasteiger partial charge in [0.05, 0.1) is 5.56 Å². The lowest BCUT2D eigenvalue weighted by Gasteiger charge is -2.13. The van der Waals surface area contributed by atoms with Crippen LogP contribution in [0.5, 0.6) is 5.88 Å². The van der Waals surface area contributed by atoms with E-state index in [1.54, 1.807) is 13.8 Å². The molecule has 0 amide bonds. The Bertz CT molecular complexity index is 563. The fraction of sp³-hybridized carbons (Fsp3) is 0.600. The molecule has 0 bridgehead atoms. The lowest BCUT2D eigenvalue weighted by molar-refractivity contribution is -0.0328. The van der Waals surface area contributed by atoms with Gasteiger partial charge in [-0.15, -0.1) is 0 Å². The van der Waals surface area contributed by atoms with E-state index in [-0.39, 0.29) is 29.8 Å². The highest BCUT2D eigenvalue weighted by molar-refractivity contribution is 8.00. The molecule has 0 atom stereocenters. The van der Waals surface area contributed by atoms with Gasteiger partial charge in [0.25, 0.3) is 5.56 Å². The van der Waals surface area contributed by atoms with Gasteiger partial charge in [-0.2, -0.15) is 13.2 Å². The molecule has 9 heteroatoms. The number of hydrogen-bond donors (Lipinski definition) is 2. The molecule has 0 aliphatic carbocycles. The van der Waals surface area contributed by atoms with Gasteiger partial charge in [0.2, 0.25) is 5.88 Å². The molecule has 0 unspecified atom stereocenters. The Labute approximate surface area is 110 Å². The third-order valence-corrected chi connectivity index (χ3v) is 3.08. The number of thioether (sulfide) groups is 1. The maximum absolute atomic E-state index is 12.0. The quantitative estimate of drug-likeness (QED) is 0.885. The smallest absolute Gasteiger partial charge is 0.441 e. The standard InChI is InChI=1S/C10H13F3N2O3S/c1-5(2)6-7(16)14-9(18)15(8(6)17)3-4-19-10(11,12)13/h5,17H,3-4H2,1-2H3,(H,14,16,18). The number of alkyl halides is 3. The first-order valence-electron chi connectivity index (χ1n) is 5.40. The zero-order valence-corrected chi connectivity index (χ0v) is 11.1. The number of H-pyrrole nitrogens is 1. The Hall–Kier alpha value is -1.38. The van der Waals surface area contributed by atoms with Crippen molar-refractivity contribution in [3.05, 3.63) is 26.4 Å². The molecule has 0 saturated heterocycles. The summed E-state index contributed by atoms with van der Waals surface area (Å²) in [4.78, 5) is 24.9. The second-order valence-electron chi connectivity index (χ2n) is 4.10. The lowest BCUT2D eigenvalue weighted by atomic mass is 10.1. The van der Waals surface area contributed by atoms with Gasteiger partial charge in [0, 0.05) is 12.3 Å². The Balaban J connectivity index is 3.05. The Morgan fingerprint density at radius 3 is 2.42 bits per heavy atom. The van der Waals surface area contributed by atoms with E-state index in [0.717, 1.165) is 4.57 Å². The molecule has 108 valence electrons. The van der Waals surface area contributed by atoms with Crippen molar-refractivity contribution in [2.45, 2.75) is 31.8 Å². The molecule has 0 aliphatic heterocycles. The summed E-state index contributed by atoms with van der Waals surface area (Å²) in [7, 11) is 0. The van der Waals surface area contributed by atoms with E-state index in [1.165, 1.54) is 0 Å². The SMILES string of the molecule is CC(C)c1c(O)n(CCSC(F)(F)F)c(=O)[nH]c1=O. The van der Waals surface area contributed by atoms with Crippen molar-refractivity contribution in [3.63, 3.8) is 0 Å². The summed E-state index contributed by atoms with van der Waals surface area (Å²) in [5.41, 5.74) is -6.06. The van der Waals surface area contributed by atoms with Gasteiger partial charge in [0.15, 0.2) is 0 Å². The molecule has 1 aromatic rings. The Morgan fingerprint density at radius 2 is 1.95 bits per heavy atom. The minimum atomic E-state index is -4.40. The maximum atomic E-state index is 12.0. The third kappa shape index (κ3) is 4.05. The molecular weight excluding hydrogens is 285 g/mol. The summed E-state index contributed by atoms with van der Waals surface area (Å²) in [5.74, 6) is -1.36. The molecule has 1 heterocycles. The maximum Gasteiger partial charge on any atom is 0.441 e. The topological polar surface area (TPSA) is 75.1 Å². The first kappa shape index (κ1) is 15.7. The predicted octanol–water partition coefficient (Wildman–Crippen LogP) is 1.62. The van der Waals surface area contributed by atoms with Gasteiger partial charge < -0.3 is 5.11 Å². The Morgan fingerprint density at radius 1 is 1.37 bits per heavy atom. The fourth-order valence-electron chi connectivity index (χ4n) is 1.56. The van der Waals surface area contributed by atoms with Crippen LogP contribution in [0.2, 0.25) is 0 Å². The van der Waals surface area contributed by atoms with Crippen molar-refractivity contribution in [1.29, 1.82) is 0 Å². The molecule has 0 aliphatic rings. The van der Waals surface area contributed by atoms with E-state index in [0.29, 0.717) is 0 Å². The Kier molecular flexibility index (Phi) is 4.72. The minimum absolute atomic E-state index is 0.0170. The van der Waals surface area contributed by atoms with Crippen LogP contribution in [0.3, 0.4) is 0 Å². The zero-order chi connectivity index (χ0) is 14.8. The van der Waals surface area contributed by atoms with Crippen LogP contribution >= 0.6 is 11.8 Å². The van der Waals surface area contributed by atoms with Gasteiger partial charge in [0.1, 0.15) is 0 Å². The largest absolute Gasteiger partial charge is 0.494 e. The third-order valence-electron chi connectivity index (χ3n) is 2.36. The average Bonchev–Trinajstić information content (AvgIpc) is 2.20. The summed E-state index contributed by atoms with van der Waals surface area (Å²) in [5, 5.41) is 9.80. The van der Waals surface area contributed by atoms with Crippen LogP contribution in [0.1, 0.15) is 25.3 Å². The molecular formula is C10H13F3N2O3S. The molecule has 5 nitrogen and oxygen atoms in total. The van der Waals surface area contributed by atoms with E-state index in [1.807, 2.05) is 4.98 Å². The zero-order valence-electron chi connectivity index (χ0n) is 10.2. The molecule has 1 aromatic heterocycles. The number of aromatic amines is 1. The number of hydrogen-bond acceptors (Lipinski definition) is 4. The van der Waals surface area contributed by atoms with E-state index in [9.17, 15) is 27.9 Å². The second-order valence-corrected chi connectivity index (χ2v) is 5.26. The van der Waals surface area contributed by atoms with Crippen LogP contribution in [-0.2, 0) is 6.54 Å². The highest BCUT2D eigenvalue weighted by Crippen LogP contribution is 2.30. The lowest BCUT2D eigenvalue weighted by Crippen LogP contribution is -2.33. The molecule has 0 saturated carbocycles.